The molecule has 0 unspecified atom stereocenters. The largest absolute Gasteiger partial charge is 0.356 e. The fraction of sp³-hybridized carbons (Fsp3) is 0. The smallest absolute Gasteiger partial charge is 0.166 e. The van der Waals surface area contributed by atoms with Crippen LogP contribution in [-0.2, 0) is 0 Å². The Bertz CT molecular complexity index is 895. The van der Waals surface area contributed by atoms with E-state index in [1.807, 2.05) is 47.0 Å². The molecule has 0 saturated heterocycles. The molecule has 0 amide bonds. The zero-order chi connectivity index (χ0) is 14.2. The van der Waals surface area contributed by atoms with Crippen LogP contribution in [0.1, 0.15) is 0 Å². The molecule has 102 valence electrons. The van der Waals surface area contributed by atoms with Crippen molar-refractivity contribution in [3.05, 3.63) is 64.6 Å². The lowest BCUT2D eigenvalue weighted by Gasteiger charge is -1.98. The second-order valence-electron chi connectivity index (χ2n) is 4.69. The minimum atomic E-state index is 0.770. The van der Waals surface area contributed by atoms with Crippen LogP contribution < -0.4 is 0 Å². The van der Waals surface area contributed by atoms with Crippen molar-refractivity contribution < 1.29 is 4.52 Å². The second-order valence-corrected chi connectivity index (χ2v) is 5.94. The monoisotopic (exact) mass is 387 g/mol. The minimum Gasteiger partial charge on any atom is -0.356 e. The molecule has 4 nitrogen and oxygen atoms in total. The molecular weight excluding hydrogens is 377 g/mol. The fourth-order valence-corrected chi connectivity index (χ4v) is 2.75. The Hall–Kier alpha value is -2.15. The maximum absolute atomic E-state index is 5.16. The van der Waals surface area contributed by atoms with E-state index < -0.39 is 0 Å². The van der Waals surface area contributed by atoms with E-state index in [1.54, 1.807) is 6.20 Å². The molecule has 0 N–H and O–H groups in total. The quantitative estimate of drug-likeness (QED) is 0.483. The summed E-state index contributed by atoms with van der Waals surface area (Å²) in [6, 6.07) is 14.1. The van der Waals surface area contributed by atoms with Crippen LogP contribution in [-0.4, -0.2) is 14.5 Å². The molecule has 0 fully saturated rings. The SMILES string of the molecule is Ic1ccc2nc(-c3ccc(-c4ccno4)cc3)cn2c1. The molecule has 0 bridgehead atoms. The van der Waals surface area contributed by atoms with Crippen molar-refractivity contribution in [2.75, 3.05) is 0 Å². The zero-order valence-electron chi connectivity index (χ0n) is 10.9. The first kappa shape index (κ1) is 12.6. The number of pyridine rings is 1. The molecular formula is C16H10IN3O. The van der Waals surface area contributed by atoms with E-state index in [4.69, 9.17) is 4.52 Å². The summed E-state index contributed by atoms with van der Waals surface area (Å²) in [5, 5.41) is 3.72. The average molecular weight is 387 g/mol. The van der Waals surface area contributed by atoms with E-state index in [0.29, 0.717) is 0 Å². The summed E-state index contributed by atoms with van der Waals surface area (Å²) in [6.45, 7) is 0. The predicted molar refractivity (Wildman–Crippen MR) is 88.8 cm³/mol. The highest BCUT2D eigenvalue weighted by Gasteiger charge is 2.06. The number of halogens is 1. The summed E-state index contributed by atoms with van der Waals surface area (Å²) in [6.07, 6.45) is 5.75. The van der Waals surface area contributed by atoms with Gasteiger partial charge in [0.25, 0.3) is 0 Å². The summed E-state index contributed by atoms with van der Waals surface area (Å²) >= 11 is 2.30. The van der Waals surface area contributed by atoms with E-state index in [-0.39, 0.29) is 0 Å². The van der Waals surface area contributed by atoms with Gasteiger partial charge in [-0.1, -0.05) is 29.4 Å². The van der Waals surface area contributed by atoms with Gasteiger partial charge < -0.3 is 8.92 Å². The number of hydrogen-bond donors (Lipinski definition) is 0. The van der Waals surface area contributed by atoms with E-state index in [9.17, 15) is 0 Å². The number of nitrogens with zero attached hydrogens (tertiary/aromatic N) is 3. The maximum Gasteiger partial charge on any atom is 0.166 e. The number of fused-ring (bicyclic) bond motifs is 1. The molecule has 0 aliphatic rings. The summed E-state index contributed by atoms with van der Waals surface area (Å²) < 4.78 is 8.38. The third-order valence-electron chi connectivity index (χ3n) is 3.32. The van der Waals surface area contributed by atoms with Gasteiger partial charge in [0.2, 0.25) is 0 Å². The molecule has 4 rings (SSSR count). The lowest BCUT2D eigenvalue weighted by atomic mass is 10.1. The Labute approximate surface area is 134 Å². The first-order chi connectivity index (χ1) is 10.3. The van der Waals surface area contributed by atoms with Gasteiger partial charge in [-0.05, 0) is 34.7 Å². The second kappa shape index (κ2) is 5.00. The lowest BCUT2D eigenvalue weighted by Crippen LogP contribution is -1.82. The standard InChI is InChI=1S/C16H10IN3O/c17-13-5-6-16-19-14(10-20(16)9-13)11-1-3-12(4-2-11)15-7-8-18-21-15/h1-10H. The van der Waals surface area contributed by atoms with Crippen molar-refractivity contribution in [2.45, 2.75) is 0 Å². The average Bonchev–Trinajstić information content (AvgIpc) is 3.16. The molecule has 0 atom stereocenters. The molecule has 0 aliphatic carbocycles. The summed E-state index contributed by atoms with van der Waals surface area (Å²) in [5.41, 5.74) is 4.00. The van der Waals surface area contributed by atoms with Crippen molar-refractivity contribution in [1.82, 2.24) is 14.5 Å². The van der Waals surface area contributed by atoms with E-state index in [1.165, 1.54) is 3.57 Å². The van der Waals surface area contributed by atoms with Gasteiger partial charge in [0.15, 0.2) is 5.76 Å². The van der Waals surface area contributed by atoms with Gasteiger partial charge >= 0.3 is 0 Å². The van der Waals surface area contributed by atoms with Crippen LogP contribution in [0, 0.1) is 3.57 Å². The van der Waals surface area contributed by atoms with E-state index >= 15 is 0 Å². The van der Waals surface area contributed by atoms with Crippen molar-refractivity contribution in [1.29, 1.82) is 0 Å². The zero-order valence-corrected chi connectivity index (χ0v) is 13.1. The van der Waals surface area contributed by atoms with Gasteiger partial charge in [-0.25, -0.2) is 4.98 Å². The summed E-state index contributed by atoms with van der Waals surface area (Å²) in [4.78, 5) is 4.64. The van der Waals surface area contributed by atoms with Crippen LogP contribution in [0.5, 0.6) is 0 Å². The molecule has 21 heavy (non-hydrogen) atoms. The molecule has 0 saturated carbocycles. The Morgan fingerprint density at radius 3 is 2.48 bits per heavy atom. The van der Waals surface area contributed by atoms with Crippen LogP contribution in [0.2, 0.25) is 0 Å². The first-order valence-corrected chi connectivity index (χ1v) is 7.53. The normalized spacial score (nSPS) is 11.1. The Balaban J connectivity index is 1.74. The highest BCUT2D eigenvalue weighted by molar-refractivity contribution is 14.1. The van der Waals surface area contributed by atoms with E-state index in [0.717, 1.165) is 28.2 Å². The molecule has 3 heterocycles. The van der Waals surface area contributed by atoms with Crippen molar-refractivity contribution in [3.8, 4) is 22.6 Å². The van der Waals surface area contributed by atoms with E-state index in [2.05, 4.69) is 45.0 Å². The van der Waals surface area contributed by atoms with Gasteiger partial charge in [0.1, 0.15) is 5.65 Å². The molecule has 4 aromatic rings. The Kier molecular flexibility index (Phi) is 2.99. The number of hydrogen-bond acceptors (Lipinski definition) is 3. The molecule has 3 aromatic heterocycles. The van der Waals surface area contributed by atoms with Gasteiger partial charge in [-0.3, -0.25) is 0 Å². The Morgan fingerprint density at radius 2 is 1.71 bits per heavy atom. The predicted octanol–water partition coefficient (Wildman–Crippen LogP) is 4.26. The lowest BCUT2D eigenvalue weighted by molar-refractivity contribution is 0.432. The van der Waals surface area contributed by atoms with Gasteiger partial charge in [0, 0.05) is 33.2 Å². The Morgan fingerprint density at radius 1 is 0.905 bits per heavy atom. The van der Waals surface area contributed by atoms with Gasteiger partial charge in [-0.2, -0.15) is 0 Å². The molecule has 0 aliphatic heterocycles. The van der Waals surface area contributed by atoms with Gasteiger partial charge in [-0.15, -0.1) is 0 Å². The van der Waals surface area contributed by atoms with Crippen LogP contribution in [0.15, 0.2) is 65.6 Å². The van der Waals surface area contributed by atoms with Gasteiger partial charge in [0.05, 0.1) is 11.9 Å². The number of imidazole rings is 1. The van der Waals surface area contributed by atoms with Crippen molar-refractivity contribution in [3.63, 3.8) is 0 Å². The number of rotatable bonds is 2. The highest BCUT2D eigenvalue weighted by Crippen LogP contribution is 2.24. The summed E-state index contributed by atoms with van der Waals surface area (Å²) in [5.74, 6) is 0.770. The number of benzene rings is 1. The van der Waals surface area contributed by atoms with Crippen molar-refractivity contribution >= 4 is 28.2 Å². The number of aromatic nitrogens is 3. The maximum atomic E-state index is 5.16. The van der Waals surface area contributed by atoms with Crippen LogP contribution in [0.25, 0.3) is 28.2 Å². The highest BCUT2D eigenvalue weighted by atomic mass is 127. The van der Waals surface area contributed by atoms with Crippen LogP contribution in [0.4, 0.5) is 0 Å². The fourth-order valence-electron chi connectivity index (χ4n) is 2.27. The molecule has 5 heteroatoms. The molecule has 0 spiro atoms. The summed E-state index contributed by atoms with van der Waals surface area (Å²) in [7, 11) is 0. The minimum absolute atomic E-state index is 0.770. The molecule has 1 aromatic carbocycles. The first-order valence-electron chi connectivity index (χ1n) is 6.45. The third-order valence-corrected chi connectivity index (χ3v) is 3.96. The molecule has 0 radical (unpaired) electrons. The topological polar surface area (TPSA) is 43.3 Å². The third kappa shape index (κ3) is 2.33. The van der Waals surface area contributed by atoms with Crippen LogP contribution >= 0.6 is 22.6 Å². The van der Waals surface area contributed by atoms with Crippen LogP contribution in [0.3, 0.4) is 0 Å². The van der Waals surface area contributed by atoms with Crippen molar-refractivity contribution in [2.24, 2.45) is 0 Å².